The Morgan fingerprint density at radius 3 is 2.48 bits per heavy atom. The third-order valence-corrected chi connectivity index (χ3v) is 4.59. The second-order valence-electron chi connectivity index (χ2n) is 7.37. The van der Waals surface area contributed by atoms with Crippen LogP contribution in [-0.4, -0.2) is 57.9 Å². The van der Waals surface area contributed by atoms with Crippen LogP contribution in [0.15, 0.2) is 53.5 Å². The summed E-state index contributed by atoms with van der Waals surface area (Å²) in [5.41, 5.74) is 2.87. The molecule has 0 aliphatic heterocycles. The van der Waals surface area contributed by atoms with Crippen LogP contribution in [0, 0.1) is 0 Å². The Morgan fingerprint density at radius 1 is 1.06 bits per heavy atom. The third-order valence-electron chi connectivity index (χ3n) is 4.59. The summed E-state index contributed by atoms with van der Waals surface area (Å²) >= 11 is 0. The first-order valence-electron chi connectivity index (χ1n) is 10.8. The molecular weight excluding hydrogens is 533 g/mol. The fraction of sp³-hybridized carbons (Fsp3) is 0.417. The molecule has 0 spiro atoms. The number of nitrogens with one attached hydrogen (secondary N) is 3. The van der Waals surface area contributed by atoms with Crippen LogP contribution in [0.5, 0.6) is 5.75 Å². The molecular formula is C24H36IN5O3. The second kappa shape index (κ2) is 16.1. The molecule has 2 rings (SSSR count). The van der Waals surface area contributed by atoms with Crippen molar-refractivity contribution in [1.29, 1.82) is 0 Å². The lowest BCUT2D eigenvalue weighted by atomic mass is 10.2. The largest absolute Gasteiger partial charge is 0.497 e. The zero-order valence-corrected chi connectivity index (χ0v) is 22.2. The van der Waals surface area contributed by atoms with E-state index in [2.05, 4.69) is 16.0 Å². The van der Waals surface area contributed by atoms with Gasteiger partial charge in [-0.3, -0.25) is 0 Å². The van der Waals surface area contributed by atoms with Crippen LogP contribution in [0.25, 0.3) is 0 Å². The van der Waals surface area contributed by atoms with E-state index in [1.807, 2.05) is 55.5 Å². The maximum Gasteiger partial charge on any atom is 0.321 e. The zero-order chi connectivity index (χ0) is 23.2. The van der Waals surface area contributed by atoms with Crippen LogP contribution in [-0.2, 0) is 17.8 Å². The van der Waals surface area contributed by atoms with E-state index in [9.17, 15) is 4.79 Å². The van der Waals surface area contributed by atoms with Crippen LogP contribution in [0.1, 0.15) is 24.5 Å². The van der Waals surface area contributed by atoms with Gasteiger partial charge >= 0.3 is 6.03 Å². The molecule has 0 unspecified atom stereocenters. The van der Waals surface area contributed by atoms with Crippen molar-refractivity contribution in [1.82, 2.24) is 15.5 Å². The molecule has 0 aromatic heterocycles. The lowest BCUT2D eigenvalue weighted by molar-refractivity contribution is 0.145. The highest BCUT2D eigenvalue weighted by molar-refractivity contribution is 14.0. The minimum Gasteiger partial charge on any atom is -0.497 e. The Morgan fingerprint density at radius 2 is 1.82 bits per heavy atom. The number of guanidine groups is 1. The van der Waals surface area contributed by atoms with E-state index in [1.54, 1.807) is 21.2 Å². The molecule has 0 fully saturated rings. The van der Waals surface area contributed by atoms with Crippen LogP contribution in [0.3, 0.4) is 0 Å². The molecule has 0 radical (unpaired) electrons. The van der Waals surface area contributed by atoms with Crippen molar-refractivity contribution in [3.8, 4) is 5.75 Å². The van der Waals surface area contributed by atoms with Crippen LogP contribution < -0.4 is 20.7 Å². The van der Waals surface area contributed by atoms with Gasteiger partial charge in [0.15, 0.2) is 5.96 Å². The summed E-state index contributed by atoms with van der Waals surface area (Å²) in [4.78, 5) is 18.1. The van der Waals surface area contributed by atoms with Gasteiger partial charge < -0.3 is 30.3 Å². The molecule has 2 aromatic rings. The number of halogens is 1. The monoisotopic (exact) mass is 569 g/mol. The first kappa shape index (κ1) is 28.5. The van der Waals surface area contributed by atoms with Crippen molar-refractivity contribution < 1.29 is 14.3 Å². The molecule has 0 heterocycles. The first-order valence-corrected chi connectivity index (χ1v) is 10.8. The summed E-state index contributed by atoms with van der Waals surface area (Å²) in [6.07, 6.45) is 0.892. The number of benzene rings is 2. The van der Waals surface area contributed by atoms with Crippen molar-refractivity contribution in [3.05, 3.63) is 59.7 Å². The summed E-state index contributed by atoms with van der Waals surface area (Å²) in [7, 11) is 5.08. The highest BCUT2D eigenvalue weighted by Crippen LogP contribution is 2.13. The minimum atomic E-state index is -0.163. The van der Waals surface area contributed by atoms with E-state index < -0.39 is 0 Å². The Hall–Kier alpha value is -2.53. The van der Waals surface area contributed by atoms with Crippen molar-refractivity contribution in [2.45, 2.75) is 26.4 Å². The Bertz CT molecular complexity index is 859. The molecule has 2 aromatic carbocycles. The summed E-state index contributed by atoms with van der Waals surface area (Å²) < 4.78 is 10.6. The van der Waals surface area contributed by atoms with Gasteiger partial charge in [-0.15, -0.1) is 24.0 Å². The van der Waals surface area contributed by atoms with Crippen LogP contribution >= 0.6 is 24.0 Å². The highest BCUT2D eigenvalue weighted by Gasteiger charge is 2.05. The number of urea groups is 1. The number of carbonyl (C=O) groups is 1. The number of rotatable bonds is 11. The van der Waals surface area contributed by atoms with Gasteiger partial charge in [-0.05, 0) is 48.7 Å². The summed E-state index contributed by atoms with van der Waals surface area (Å²) in [6.45, 7) is 5.30. The number of amides is 2. The van der Waals surface area contributed by atoms with Crippen molar-refractivity contribution in [3.63, 3.8) is 0 Å². The van der Waals surface area contributed by atoms with Gasteiger partial charge in [0.25, 0.3) is 0 Å². The molecule has 0 saturated heterocycles. The molecule has 0 saturated carbocycles. The summed E-state index contributed by atoms with van der Waals surface area (Å²) in [5, 5.41) is 9.60. The second-order valence-corrected chi connectivity index (χ2v) is 7.37. The summed E-state index contributed by atoms with van der Waals surface area (Å²) in [5.74, 6) is 1.55. The number of nitrogens with zero attached hydrogens (tertiary/aromatic N) is 2. The van der Waals surface area contributed by atoms with Crippen molar-refractivity contribution in [2.75, 3.05) is 46.3 Å². The number of hydrogen-bond donors (Lipinski definition) is 3. The maximum atomic E-state index is 11.9. The maximum absolute atomic E-state index is 11.9. The highest BCUT2D eigenvalue weighted by atomic mass is 127. The molecule has 0 atom stereocenters. The first-order chi connectivity index (χ1) is 15.5. The number of aliphatic imine (C=N–C) groups is 1. The van der Waals surface area contributed by atoms with Gasteiger partial charge in [-0.25, -0.2) is 9.79 Å². The number of anilines is 1. The molecule has 3 N–H and O–H groups in total. The Balaban J connectivity index is 0.00000544. The lowest BCUT2D eigenvalue weighted by Crippen LogP contribution is -2.37. The average Bonchev–Trinajstić information content (AvgIpc) is 2.80. The normalized spacial score (nSPS) is 10.7. The SMILES string of the molecule is CCOCCCNC(=NCc1cccc(NC(=O)N(C)C)c1)NCc1ccc(OC)cc1.I. The topological polar surface area (TPSA) is 87.2 Å². The molecule has 9 heteroatoms. The van der Waals surface area contributed by atoms with Gasteiger partial charge in [-0.1, -0.05) is 24.3 Å². The van der Waals surface area contributed by atoms with E-state index in [1.165, 1.54) is 4.90 Å². The smallest absolute Gasteiger partial charge is 0.321 e. The fourth-order valence-electron chi connectivity index (χ4n) is 2.78. The van der Waals surface area contributed by atoms with E-state index in [4.69, 9.17) is 14.5 Å². The van der Waals surface area contributed by atoms with Gasteiger partial charge in [0, 0.05) is 46.1 Å². The van der Waals surface area contributed by atoms with E-state index in [0.717, 1.165) is 48.1 Å². The zero-order valence-electron chi connectivity index (χ0n) is 19.9. The lowest BCUT2D eigenvalue weighted by Gasteiger charge is -2.14. The Labute approximate surface area is 214 Å². The van der Waals surface area contributed by atoms with Gasteiger partial charge in [0.05, 0.1) is 13.7 Å². The predicted molar refractivity (Wildman–Crippen MR) is 145 cm³/mol. The van der Waals surface area contributed by atoms with Crippen LogP contribution in [0.2, 0.25) is 0 Å². The van der Waals surface area contributed by atoms with E-state index in [0.29, 0.717) is 19.7 Å². The number of ether oxygens (including phenoxy) is 2. The molecule has 2 amide bonds. The van der Waals surface area contributed by atoms with E-state index in [-0.39, 0.29) is 30.0 Å². The van der Waals surface area contributed by atoms with Crippen molar-refractivity contribution in [2.24, 2.45) is 4.99 Å². The molecule has 0 aliphatic rings. The van der Waals surface area contributed by atoms with Gasteiger partial charge in [-0.2, -0.15) is 0 Å². The predicted octanol–water partition coefficient (Wildman–Crippen LogP) is 4.07. The van der Waals surface area contributed by atoms with Crippen molar-refractivity contribution >= 4 is 41.7 Å². The number of hydrogen-bond acceptors (Lipinski definition) is 4. The third kappa shape index (κ3) is 11.2. The van der Waals surface area contributed by atoms with E-state index >= 15 is 0 Å². The molecule has 0 bridgehead atoms. The number of carbonyl (C=O) groups excluding carboxylic acids is 1. The minimum absolute atomic E-state index is 0. The molecule has 33 heavy (non-hydrogen) atoms. The summed E-state index contributed by atoms with van der Waals surface area (Å²) in [6, 6.07) is 15.5. The fourth-order valence-corrected chi connectivity index (χ4v) is 2.78. The van der Waals surface area contributed by atoms with Gasteiger partial charge in [0.2, 0.25) is 0 Å². The standard InChI is InChI=1S/C24H35N5O3.HI/c1-5-32-15-7-14-25-23(26-17-19-10-12-22(31-4)13-11-19)27-18-20-8-6-9-21(16-20)28-24(30)29(2)3;/h6,8-13,16H,5,7,14-15,17-18H2,1-4H3,(H,28,30)(H2,25,26,27);1H. The van der Waals surface area contributed by atoms with Crippen LogP contribution in [0.4, 0.5) is 10.5 Å². The Kier molecular flexibility index (Phi) is 13.9. The average molecular weight is 569 g/mol. The number of methoxy groups -OCH3 is 1. The molecule has 8 nitrogen and oxygen atoms in total. The molecule has 0 aliphatic carbocycles. The van der Waals surface area contributed by atoms with Gasteiger partial charge in [0.1, 0.15) is 5.75 Å². The quantitative estimate of drug-likeness (QED) is 0.165. The molecule has 182 valence electrons.